The van der Waals surface area contributed by atoms with E-state index in [-0.39, 0.29) is 17.9 Å². The fourth-order valence-electron chi connectivity index (χ4n) is 1.64. The largest absolute Gasteiger partial charge is 0.350 e. The summed E-state index contributed by atoms with van der Waals surface area (Å²) in [5.41, 5.74) is 0.847. The van der Waals surface area contributed by atoms with Gasteiger partial charge in [-0.2, -0.15) is 5.26 Å². The molecule has 0 aliphatic heterocycles. The minimum Gasteiger partial charge on any atom is -0.350 e. The van der Waals surface area contributed by atoms with Gasteiger partial charge < -0.3 is 5.32 Å². The number of carbonyl (C=O) groups is 1. The third-order valence-corrected chi connectivity index (χ3v) is 2.21. The first-order valence-electron chi connectivity index (χ1n) is 5.25. The molecule has 1 rings (SSSR count). The molecule has 0 spiro atoms. The first-order chi connectivity index (χ1) is 7.53. The molecule has 0 bridgehead atoms. The molecule has 1 aromatic rings. The Morgan fingerprint density at radius 3 is 2.56 bits per heavy atom. The molecule has 0 aromatic heterocycles. The minimum atomic E-state index is -0.324. The summed E-state index contributed by atoms with van der Waals surface area (Å²) in [5, 5.41) is 11.3. The summed E-state index contributed by atoms with van der Waals surface area (Å²) in [6, 6.07) is 11.8. The molecule has 0 saturated heterocycles. The molecule has 1 amide bonds. The third kappa shape index (κ3) is 4.14. The van der Waals surface area contributed by atoms with Crippen LogP contribution < -0.4 is 5.32 Å². The molecular weight excluding hydrogens is 200 g/mol. The maximum absolute atomic E-state index is 11.3. The van der Waals surface area contributed by atoms with Crippen molar-refractivity contribution in [2.75, 3.05) is 0 Å². The van der Waals surface area contributed by atoms with E-state index in [0.29, 0.717) is 0 Å². The van der Waals surface area contributed by atoms with E-state index in [0.717, 1.165) is 6.42 Å². The Bertz CT molecular complexity index is 390. The van der Waals surface area contributed by atoms with Crippen molar-refractivity contribution in [3.05, 3.63) is 35.9 Å². The second-order valence-electron chi connectivity index (χ2n) is 4.43. The second-order valence-corrected chi connectivity index (χ2v) is 4.43. The number of hydrogen-bond acceptors (Lipinski definition) is 2. The quantitative estimate of drug-likeness (QED) is 0.837. The van der Waals surface area contributed by atoms with Crippen LogP contribution in [-0.2, 0) is 11.2 Å². The molecule has 0 fully saturated rings. The van der Waals surface area contributed by atoms with E-state index < -0.39 is 0 Å². The summed E-state index contributed by atoms with van der Waals surface area (Å²) < 4.78 is 0. The monoisotopic (exact) mass is 216 g/mol. The standard InChI is InChI=1S/C13H16N2O/c1-13(2,15-12(16)8-9-14)10-11-6-4-3-5-7-11/h3-7H,8,10H2,1-2H3,(H,15,16). The Balaban J connectivity index is 2.59. The lowest BCUT2D eigenvalue weighted by molar-refractivity contribution is -0.121. The minimum absolute atomic E-state index is 0.0851. The summed E-state index contributed by atoms with van der Waals surface area (Å²) in [5.74, 6) is -0.219. The van der Waals surface area contributed by atoms with Gasteiger partial charge in [-0.05, 0) is 25.8 Å². The number of hydrogen-bond donors (Lipinski definition) is 1. The molecule has 0 heterocycles. The van der Waals surface area contributed by atoms with Crippen LogP contribution in [0.3, 0.4) is 0 Å². The van der Waals surface area contributed by atoms with Crippen LogP contribution in [0.25, 0.3) is 0 Å². The number of amides is 1. The summed E-state index contributed by atoms with van der Waals surface area (Å²) in [7, 11) is 0. The van der Waals surface area contributed by atoms with Crippen LogP contribution in [0, 0.1) is 11.3 Å². The summed E-state index contributed by atoms with van der Waals surface area (Å²) >= 11 is 0. The zero-order valence-corrected chi connectivity index (χ0v) is 9.66. The van der Waals surface area contributed by atoms with Crippen molar-refractivity contribution in [2.24, 2.45) is 0 Å². The van der Waals surface area contributed by atoms with Crippen molar-refractivity contribution in [1.29, 1.82) is 5.26 Å². The summed E-state index contributed by atoms with van der Waals surface area (Å²) in [4.78, 5) is 11.3. The van der Waals surface area contributed by atoms with Gasteiger partial charge in [0.2, 0.25) is 5.91 Å². The Kier molecular flexibility index (Phi) is 4.07. The Labute approximate surface area is 96.1 Å². The van der Waals surface area contributed by atoms with Crippen LogP contribution in [0.15, 0.2) is 30.3 Å². The molecule has 16 heavy (non-hydrogen) atoms. The molecule has 0 radical (unpaired) electrons. The molecule has 84 valence electrons. The van der Waals surface area contributed by atoms with Crippen molar-refractivity contribution in [2.45, 2.75) is 32.2 Å². The molecule has 0 aliphatic rings. The van der Waals surface area contributed by atoms with Gasteiger partial charge in [-0.25, -0.2) is 0 Å². The van der Waals surface area contributed by atoms with E-state index in [4.69, 9.17) is 5.26 Å². The predicted molar refractivity (Wildman–Crippen MR) is 62.6 cm³/mol. The Morgan fingerprint density at radius 2 is 2.00 bits per heavy atom. The second kappa shape index (κ2) is 5.32. The van der Waals surface area contributed by atoms with Gasteiger partial charge in [0.25, 0.3) is 0 Å². The van der Waals surface area contributed by atoms with Crippen molar-refractivity contribution in [3.63, 3.8) is 0 Å². The highest BCUT2D eigenvalue weighted by Gasteiger charge is 2.20. The Morgan fingerprint density at radius 1 is 1.38 bits per heavy atom. The number of benzene rings is 1. The van der Waals surface area contributed by atoms with E-state index in [2.05, 4.69) is 5.32 Å². The van der Waals surface area contributed by atoms with E-state index in [1.54, 1.807) is 0 Å². The van der Waals surface area contributed by atoms with Gasteiger partial charge in [0, 0.05) is 5.54 Å². The van der Waals surface area contributed by atoms with Crippen LogP contribution in [0.4, 0.5) is 0 Å². The van der Waals surface area contributed by atoms with Crippen molar-refractivity contribution < 1.29 is 4.79 Å². The van der Waals surface area contributed by atoms with Gasteiger partial charge in [-0.1, -0.05) is 30.3 Å². The van der Waals surface area contributed by atoms with Crippen molar-refractivity contribution >= 4 is 5.91 Å². The zero-order valence-electron chi connectivity index (χ0n) is 9.66. The van der Waals surface area contributed by atoms with E-state index in [9.17, 15) is 4.79 Å². The average Bonchev–Trinajstić information content (AvgIpc) is 2.17. The highest BCUT2D eigenvalue weighted by atomic mass is 16.1. The highest BCUT2D eigenvalue weighted by Crippen LogP contribution is 2.12. The van der Waals surface area contributed by atoms with Gasteiger partial charge in [0.1, 0.15) is 6.42 Å². The van der Waals surface area contributed by atoms with Gasteiger partial charge >= 0.3 is 0 Å². The van der Waals surface area contributed by atoms with Crippen LogP contribution in [0.5, 0.6) is 0 Å². The first-order valence-corrected chi connectivity index (χ1v) is 5.25. The fraction of sp³-hybridized carbons (Fsp3) is 0.385. The van der Waals surface area contributed by atoms with E-state index >= 15 is 0 Å². The third-order valence-electron chi connectivity index (χ3n) is 2.21. The molecular formula is C13H16N2O. The zero-order chi connectivity index (χ0) is 12.0. The lowest BCUT2D eigenvalue weighted by Gasteiger charge is -2.26. The van der Waals surface area contributed by atoms with E-state index in [1.807, 2.05) is 50.2 Å². The smallest absolute Gasteiger partial charge is 0.234 e. The van der Waals surface area contributed by atoms with Crippen molar-refractivity contribution in [1.82, 2.24) is 5.32 Å². The molecule has 1 aromatic carbocycles. The lowest BCUT2D eigenvalue weighted by Crippen LogP contribution is -2.44. The maximum Gasteiger partial charge on any atom is 0.234 e. The number of nitrogens with one attached hydrogen (secondary N) is 1. The molecule has 0 aliphatic carbocycles. The van der Waals surface area contributed by atoms with Crippen LogP contribution in [-0.4, -0.2) is 11.4 Å². The molecule has 3 nitrogen and oxygen atoms in total. The molecule has 0 atom stereocenters. The van der Waals surface area contributed by atoms with Crippen molar-refractivity contribution in [3.8, 4) is 6.07 Å². The Hall–Kier alpha value is -1.82. The maximum atomic E-state index is 11.3. The summed E-state index contributed by atoms with van der Waals surface area (Å²) in [6.07, 6.45) is 0.670. The molecule has 0 saturated carbocycles. The van der Waals surface area contributed by atoms with Gasteiger partial charge in [0.05, 0.1) is 6.07 Å². The van der Waals surface area contributed by atoms with Crippen LogP contribution in [0.1, 0.15) is 25.8 Å². The average molecular weight is 216 g/mol. The normalized spacial score (nSPS) is 10.6. The van der Waals surface area contributed by atoms with Gasteiger partial charge in [-0.15, -0.1) is 0 Å². The first kappa shape index (κ1) is 12.3. The van der Waals surface area contributed by atoms with Crippen LogP contribution in [0.2, 0.25) is 0 Å². The lowest BCUT2D eigenvalue weighted by atomic mass is 9.95. The molecule has 0 unspecified atom stereocenters. The molecule has 1 N–H and O–H groups in total. The fourth-order valence-corrected chi connectivity index (χ4v) is 1.64. The van der Waals surface area contributed by atoms with E-state index in [1.165, 1.54) is 5.56 Å². The number of nitrogens with zero attached hydrogens (tertiary/aromatic N) is 1. The number of rotatable bonds is 4. The molecule has 3 heteroatoms. The van der Waals surface area contributed by atoms with Gasteiger partial charge in [-0.3, -0.25) is 4.79 Å². The van der Waals surface area contributed by atoms with Gasteiger partial charge in [0.15, 0.2) is 0 Å². The topological polar surface area (TPSA) is 52.9 Å². The number of carbonyl (C=O) groups excluding carboxylic acids is 1. The highest BCUT2D eigenvalue weighted by molar-refractivity contribution is 5.78. The predicted octanol–water partition coefficient (Wildman–Crippen LogP) is 2.04. The van der Waals surface area contributed by atoms with Crippen LogP contribution >= 0.6 is 0 Å². The summed E-state index contributed by atoms with van der Waals surface area (Å²) in [6.45, 7) is 3.91. The SMILES string of the molecule is CC(C)(Cc1ccccc1)NC(=O)CC#N. The number of nitriles is 1.